The van der Waals surface area contributed by atoms with Crippen molar-refractivity contribution in [1.82, 2.24) is 10.2 Å². The fraction of sp³-hybridized carbons (Fsp3) is 0.143. The molecular weight excluding hydrogens is 461 g/mol. The molecule has 1 fully saturated rings. The zero-order valence-electron chi connectivity index (χ0n) is 16.3. The van der Waals surface area contributed by atoms with Crippen molar-refractivity contribution in [3.8, 4) is 5.75 Å². The molecule has 158 valence electrons. The summed E-state index contributed by atoms with van der Waals surface area (Å²) in [6.45, 7) is 1.74. The molecule has 1 atom stereocenters. The molecule has 31 heavy (non-hydrogen) atoms. The first-order valence-corrected chi connectivity index (χ1v) is 10.6. The molecule has 1 saturated heterocycles. The number of carbonyl (C=O) groups is 2. The van der Waals surface area contributed by atoms with E-state index in [0.29, 0.717) is 26.9 Å². The average Bonchev–Trinajstić information content (AvgIpc) is 3.30. The van der Waals surface area contributed by atoms with Crippen molar-refractivity contribution in [2.45, 2.75) is 13.0 Å². The summed E-state index contributed by atoms with van der Waals surface area (Å²) in [6.07, 6.45) is 0. The third-order valence-electron chi connectivity index (χ3n) is 4.79. The molecule has 1 aliphatic heterocycles. The number of rotatable bonds is 4. The van der Waals surface area contributed by atoms with Gasteiger partial charge in [-0.05, 0) is 48.9 Å². The summed E-state index contributed by atoms with van der Waals surface area (Å²) >= 11 is 13.4. The lowest BCUT2D eigenvalue weighted by molar-refractivity contribution is -0.132. The van der Waals surface area contributed by atoms with Crippen molar-refractivity contribution in [1.29, 1.82) is 0 Å². The summed E-state index contributed by atoms with van der Waals surface area (Å²) in [4.78, 5) is 27.2. The van der Waals surface area contributed by atoms with Gasteiger partial charge in [-0.3, -0.25) is 14.5 Å². The number of Topliss-reactive ketones (excluding diaryl/α,β-unsaturated/α-hetero) is 1. The van der Waals surface area contributed by atoms with Crippen molar-refractivity contribution in [3.05, 3.63) is 74.2 Å². The van der Waals surface area contributed by atoms with Gasteiger partial charge >= 0.3 is 5.91 Å². The second-order valence-electron chi connectivity index (χ2n) is 6.67. The van der Waals surface area contributed by atoms with Crippen LogP contribution < -0.4 is 9.64 Å². The highest BCUT2D eigenvalue weighted by molar-refractivity contribution is 7.15. The highest BCUT2D eigenvalue weighted by Crippen LogP contribution is 2.44. The van der Waals surface area contributed by atoms with Crippen molar-refractivity contribution in [2.75, 3.05) is 12.0 Å². The Bertz CT molecular complexity index is 1220. The van der Waals surface area contributed by atoms with Crippen LogP contribution >= 0.6 is 34.5 Å². The van der Waals surface area contributed by atoms with Crippen LogP contribution in [0, 0.1) is 6.92 Å². The van der Waals surface area contributed by atoms with E-state index in [1.807, 2.05) is 0 Å². The van der Waals surface area contributed by atoms with E-state index in [1.165, 1.54) is 12.0 Å². The van der Waals surface area contributed by atoms with Crippen LogP contribution in [0.15, 0.2) is 48.0 Å². The second kappa shape index (κ2) is 8.30. The summed E-state index contributed by atoms with van der Waals surface area (Å²) in [7, 11) is 1.52. The number of anilines is 1. The molecule has 2 heterocycles. The Labute approximate surface area is 191 Å². The van der Waals surface area contributed by atoms with Crippen LogP contribution in [0.1, 0.15) is 22.2 Å². The van der Waals surface area contributed by atoms with Crippen LogP contribution in [0.25, 0.3) is 5.76 Å². The third-order valence-corrected chi connectivity index (χ3v) is 6.37. The number of aliphatic hydroxyl groups is 1. The van der Waals surface area contributed by atoms with Crippen molar-refractivity contribution in [3.63, 3.8) is 0 Å². The maximum absolute atomic E-state index is 13.0. The number of methoxy groups -OCH3 is 1. The molecule has 0 unspecified atom stereocenters. The monoisotopic (exact) mass is 475 g/mol. The van der Waals surface area contributed by atoms with Crippen LogP contribution in [0.5, 0.6) is 5.75 Å². The fourth-order valence-corrected chi connectivity index (χ4v) is 4.34. The van der Waals surface area contributed by atoms with Gasteiger partial charge in [-0.1, -0.05) is 40.6 Å². The smallest absolute Gasteiger partial charge is 0.301 e. The van der Waals surface area contributed by atoms with Crippen molar-refractivity contribution < 1.29 is 19.4 Å². The van der Waals surface area contributed by atoms with Gasteiger partial charge in [0, 0.05) is 5.56 Å². The summed E-state index contributed by atoms with van der Waals surface area (Å²) in [6, 6.07) is 10.3. The first-order chi connectivity index (χ1) is 14.8. The Kier molecular flexibility index (Phi) is 5.70. The molecule has 1 amide bonds. The van der Waals surface area contributed by atoms with Gasteiger partial charge in [0.25, 0.3) is 5.78 Å². The van der Waals surface area contributed by atoms with Crippen LogP contribution in [-0.4, -0.2) is 34.1 Å². The predicted octanol–water partition coefficient (Wildman–Crippen LogP) is 4.79. The van der Waals surface area contributed by atoms with E-state index in [-0.39, 0.29) is 21.5 Å². The quantitative estimate of drug-likeness (QED) is 0.331. The summed E-state index contributed by atoms with van der Waals surface area (Å²) in [5, 5.41) is 20.5. The number of ether oxygens (including phenoxy) is 1. The minimum Gasteiger partial charge on any atom is -0.507 e. The molecule has 0 aliphatic carbocycles. The van der Waals surface area contributed by atoms with E-state index >= 15 is 0 Å². The molecule has 7 nitrogen and oxygen atoms in total. The summed E-state index contributed by atoms with van der Waals surface area (Å²) in [5.41, 5.74) is 0.773. The molecule has 1 aromatic heterocycles. The maximum Gasteiger partial charge on any atom is 0.301 e. The van der Waals surface area contributed by atoms with Crippen LogP contribution in [-0.2, 0) is 9.59 Å². The Morgan fingerprint density at radius 2 is 1.81 bits per heavy atom. The first-order valence-electron chi connectivity index (χ1n) is 9.02. The van der Waals surface area contributed by atoms with Gasteiger partial charge in [0.05, 0.1) is 28.8 Å². The zero-order valence-corrected chi connectivity index (χ0v) is 18.6. The van der Waals surface area contributed by atoms with Gasteiger partial charge in [0.15, 0.2) is 0 Å². The van der Waals surface area contributed by atoms with Crippen molar-refractivity contribution in [2.24, 2.45) is 0 Å². The number of hydrogen-bond donors (Lipinski definition) is 1. The van der Waals surface area contributed by atoms with Gasteiger partial charge in [0.1, 0.15) is 16.5 Å². The first kappa shape index (κ1) is 21.3. The Morgan fingerprint density at radius 3 is 2.39 bits per heavy atom. The third kappa shape index (κ3) is 3.78. The largest absolute Gasteiger partial charge is 0.507 e. The Hall–Kier alpha value is -2.94. The lowest BCUT2D eigenvalue weighted by atomic mass is 9.95. The van der Waals surface area contributed by atoms with E-state index in [0.717, 1.165) is 11.3 Å². The molecule has 1 N–H and O–H groups in total. The predicted molar refractivity (Wildman–Crippen MR) is 119 cm³/mol. The number of aromatic nitrogens is 2. The number of nitrogens with zero attached hydrogens (tertiary/aromatic N) is 3. The van der Waals surface area contributed by atoms with Crippen molar-refractivity contribution >= 4 is 57.1 Å². The molecule has 0 spiro atoms. The van der Waals surface area contributed by atoms with E-state index < -0.39 is 17.7 Å². The Balaban J connectivity index is 1.93. The molecule has 1 aliphatic rings. The van der Waals surface area contributed by atoms with Crippen LogP contribution in [0.3, 0.4) is 0 Å². The number of hydrogen-bond acceptors (Lipinski definition) is 7. The summed E-state index contributed by atoms with van der Waals surface area (Å²) in [5.74, 6) is -1.39. The standard InChI is InChI=1S/C21H15Cl2N3O4S/c1-10-24-25-21(31-10)26-17(12-5-8-14(22)15(23)9-12)16(19(28)20(26)29)18(27)11-3-6-13(30-2)7-4-11/h3-9,17,27H,1-2H3/t17-/m1/s1. The SMILES string of the molecule is COc1ccc(C(O)=C2C(=O)C(=O)N(c3nnc(C)s3)[C@@H]2c2ccc(Cl)c(Cl)c2)cc1. The number of aliphatic hydroxyl groups excluding tert-OH is 1. The van der Waals surface area contributed by atoms with Gasteiger partial charge in [-0.15, -0.1) is 10.2 Å². The Morgan fingerprint density at radius 1 is 1.10 bits per heavy atom. The molecule has 4 rings (SSSR count). The second-order valence-corrected chi connectivity index (χ2v) is 8.65. The molecular formula is C21H15Cl2N3O4S. The number of ketones is 1. The number of aryl methyl sites for hydroxylation is 1. The molecule has 0 bridgehead atoms. The molecule has 10 heteroatoms. The lowest BCUT2D eigenvalue weighted by Crippen LogP contribution is -2.29. The van der Waals surface area contributed by atoms with E-state index in [1.54, 1.807) is 49.4 Å². The number of halogens is 2. The average molecular weight is 476 g/mol. The highest BCUT2D eigenvalue weighted by atomic mass is 35.5. The molecule has 0 saturated carbocycles. The number of benzene rings is 2. The maximum atomic E-state index is 13.0. The highest BCUT2D eigenvalue weighted by Gasteiger charge is 2.48. The number of amides is 1. The minimum absolute atomic E-state index is 0.0820. The summed E-state index contributed by atoms with van der Waals surface area (Å²) < 4.78 is 5.14. The lowest BCUT2D eigenvalue weighted by Gasteiger charge is -2.23. The van der Waals surface area contributed by atoms with E-state index in [9.17, 15) is 14.7 Å². The van der Waals surface area contributed by atoms with Gasteiger partial charge in [0.2, 0.25) is 5.13 Å². The van der Waals surface area contributed by atoms with Gasteiger partial charge in [-0.25, -0.2) is 0 Å². The van der Waals surface area contributed by atoms with Gasteiger partial charge in [-0.2, -0.15) is 0 Å². The van der Waals surface area contributed by atoms with Crippen LogP contribution in [0.2, 0.25) is 10.0 Å². The fourth-order valence-electron chi connectivity index (χ4n) is 3.32. The molecule has 2 aromatic carbocycles. The van der Waals surface area contributed by atoms with Crippen LogP contribution in [0.4, 0.5) is 5.13 Å². The molecule has 3 aromatic rings. The van der Waals surface area contributed by atoms with E-state index in [4.69, 9.17) is 27.9 Å². The van der Waals surface area contributed by atoms with E-state index in [2.05, 4.69) is 10.2 Å². The molecule has 0 radical (unpaired) electrons. The normalized spacial score (nSPS) is 17.9. The topological polar surface area (TPSA) is 92.6 Å². The number of carbonyl (C=O) groups excluding carboxylic acids is 2. The zero-order chi connectivity index (χ0) is 22.3. The minimum atomic E-state index is -0.954. The van der Waals surface area contributed by atoms with Gasteiger partial charge < -0.3 is 9.84 Å².